The smallest absolute Gasteiger partial charge is 0.0897 e. The van der Waals surface area contributed by atoms with Crippen molar-refractivity contribution in [1.29, 1.82) is 0 Å². The molecule has 0 spiro atoms. The third-order valence-electron chi connectivity index (χ3n) is 3.77. The molecule has 2 rings (SSSR count). The second kappa shape index (κ2) is 7.03. The average molecular weight is 266 g/mol. The van der Waals surface area contributed by atoms with Crippen molar-refractivity contribution >= 4 is 0 Å². The van der Waals surface area contributed by atoms with Crippen molar-refractivity contribution < 1.29 is 4.74 Å². The van der Waals surface area contributed by atoms with Crippen LogP contribution in [0.4, 0.5) is 0 Å². The fraction of sp³-hybridized carbons (Fsp3) is 0.786. The van der Waals surface area contributed by atoms with Crippen molar-refractivity contribution in [1.82, 2.24) is 20.0 Å². The Balaban J connectivity index is 2.05. The molecule has 1 aliphatic rings. The quantitative estimate of drug-likeness (QED) is 0.842. The molecular weight excluding hydrogens is 240 g/mol. The van der Waals surface area contributed by atoms with E-state index in [9.17, 15) is 0 Å². The largest absolute Gasteiger partial charge is 0.374 e. The van der Waals surface area contributed by atoms with Crippen molar-refractivity contribution in [3.05, 3.63) is 18.0 Å². The molecule has 1 N–H and O–H groups in total. The Hall–Kier alpha value is -0.910. The van der Waals surface area contributed by atoms with Crippen molar-refractivity contribution in [2.45, 2.75) is 39.0 Å². The maximum atomic E-state index is 5.95. The van der Waals surface area contributed by atoms with E-state index >= 15 is 0 Å². The lowest BCUT2D eigenvalue weighted by Gasteiger charge is -2.36. The van der Waals surface area contributed by atoms with Crippen LogP contribution in [0.15, 0.2) is 12.4 Å². The summed E-state index contributed by atoms with van der Waals surface area (Å²) >= 11 is 0. The molecule has 1 aromatic rings. The average Bonchev–Trinajstić information content (AvgIpc) is 2.89. The zero-order valence-electron chi connectivity index (χ0n) is 12.3. The van der Waals surface area contributed by atoms with Crippen LogP contribution in [-0.2, 0) is 11.3 Å². The van der Waals surface area contributed by atoms with Crippen LogP contribution >= 0.6 is 0 Å². The lowest BCUT2D eigenvalue weighted by Crippen LogP contribution is -2.47. The van der Waals surface area contributed by atoms with Crippen LogP contribution in [0, 0.1) is 0 Å². The fourth-order valence-corrected chi connectivity index (χ4v) is 2.68. The Labute approximate surface area is 115 Å². The highest BCUT2D eigenvalue weighted by atomic mass is 16.5. The molecule has 1 saturated heterocycles. The van der Waals surface area contributed by atoms with Crippen LogP contribution < -0.4 is 5.32 Å². The lowest BCUT2D eigenvalue weighted by atomic mass is 10.0. The summed E-state index contributed by atoms with van der Waals surface area (Å²) in [7, 11) is 2.00. The SMILES string of the molecule is CCCn1cc(C(NC)C2CN(CC)CCO2)cn1. The predicted molar refractivity (Wildman–Crippen MR) is 76.2 cm³/mol. The molecule has 0 saturated carbocycles. The fourth-order valence-electron chi connectivity index (χ4n) is 2.68. The van der Waals surface area contributed by atoms with Gasteiger partial charge < -0.3 is 10.1 Å². The predicted octanol–water partition coefficient (Wildman–Crippen LogP) is 1.27. The van der Waals surface area contributed by atoms with Crippen LogP contribution in [0.3, 0.4) is 0 Å². The molecule has 2 unspecified atom stereocenters. The van der Waals surface area contributed by atoms with E-state index in [-0.39, 0.29) is 12.1 Å². The Morgan fingerprint density at radius 1 is 1.53 bits per heavy atom. The van der Waals surface area contributed by atoms with Gasteiger partial charge in [-0.3, -0.25) is 9.58 Å². The van der Waals surface area contributed by atoms with E-state index in [0.717, 1.165) is 39.2 Å². The first-order chi connectivity index (χ1) is 9.28. The van der Waals surface area contributed by atoms with Gasteiger partial charge >= 0.3 is 0 Å². The monoisotopic (exact) mass is 266 g/mol. The number of rotatable bonds is 6. The van der Waals surface area contributed by atoms with E-state index in [1.807, 2.05) is 17.9 Å². The van der Waals surface area contributed by atoms with Crippen LogP contribution in [0.1, 0.15) is 31.9 Å². The number of hydrogen-bond donors (Lipinski definition) is 1. The van der Waals surface area contributed by atoms with E-state index in [1.54, 1.807) is 0 Å². The van der Waals surface area contributed by atoms with Gasteiger partial charge in [0.2, 0.25) is 0 Å². The topological polar surface area (TPSA) is 42.3 Å². The number of morpholine rings is 1. The van der Waals surface area contributed by atoms with Crippen LogP contribution in [-0.4, -0.2) is 54.1 Å². The molecule has 19 heavy (non-hydrogen) atoms. The summed E-state index contributed by atoms with van der Waals surface area (Å²) in [6.07, 6.45) is 5.41. The molecule has 108 valence electrons. The van der Waals surface area contributed by atoms with Gasteiger partial charge in [0.15, 0.2) is 0 Å². The van der Waals surface area contributed by atoms with E-state index in [4.69, 9.17) is 4.74 Å². The lowest BCUT2D eigenvalue weighted by molar-refractivity contribution is -0.0444. The van der Waals surface area contributed by atoms with Crippen LogP contribution in [0.25, 0.3) is 0 Å². The third kappa shape index (κ3) is 3.55. The molecule has 1 aromatic heterocycles. The molecule has 0 aliphatic carbocycles. The highest BCUT2D eigenvalue weighted by Gasteiger charge is 2.28. The molecule has 0 radical (unpaired) electrons. The molecule has 2 atom stereocenters. The Kier molecular flexibility index (Phi) is 5.36. The Morgan fingerprint density at radius 3 is 3.05 bits per heavy atom. The van der Waals surface area contributed by atoms with Crippen molar-refractivity contribution in [2.24, 2.45) is 0 Å². The minimum absolute atomic E-state index is 0.206. The van der Waals surface area contributed by atoms with Crippen LogP contribution in [0.5, 0.6) is 0 Å². The first-order valence-electron chi connectivity index (χ1n) is 7.32. The molecule has 5 nitrogen and oxygen atoms in total. The maximum Gasteiger partial charge on any atom is 0.0897 e. The summed E-state index contributed by atoms with van der Waals surface area (Å²) in [5.74, 6) is 0. The van der Waals surface area contributed by atoms with Gasteiger partial charge in [0, 0.05) is 31.4 Å². The summed E-state index contributed by atoms with van der Waals surface area (Å²) in [6.45, 7) is 9.28. The number of hydrogen-bond acceptors (Lipinski definition) is 4. The van der Waals surface area contributed by atoms with Gasteiger partial charge in [0.05, 0.1) is 24.9 Å². The van der Waals surface area contributed by atoms with Gasteiger partial charge in [-0.15, -0.1) is 0 Å². The number of likely N-dealkylation sites (N-methyl/N-ethyl adjacent to an activating group) is 2. The molecule has 5 heteroatoms. The molecule has 1 fully saturated rings. The second-order valence-corrected chi connectivity index (χ2v) is 5.11. The summed E-state index contributed by atoms with van der Waals surface area (Å²) in [5, 5.41) is 7.80. The number of ether oxygens (including phenoxy) is 1. The molecule has 2 heterocycles. The molecular formula is C14H26N4O. The summed E-state index contributed by atoms with van der Waals surface area (Å²) in [4.78, 5) is 2.44. The zero-order valence-corrected chi connectivity index (χ0v) is 12.3. The van der Waals surface area contributed by atoms with E-state index in [2.05, 4.69) is 35.4 Å². The molecule has 0 bridgehead atoms. The number of nitrogens with one attached hydrogen (secondary N) is 1. The third-order valence-corrected chi connectivity index (χ3v) is 3.77. The number of aryl methyl sites for hydroxylation is 1. The molecule has 1 aliphatic heterocycles. The van der Waals surface area contributed by atoms with Crippen LogP contribution in [0.2, 0.25) is 0 Å². The normalized spacial score (nSPS) is 22.6. The minimum atomic E-state index is 0.206. The minimum Gasteiger partial charge on any atom is -0.374 e. The van der Waals surface area contributed by atoms with Gasteiger partial charge in [-0.2, -0.15) is 5.10 Å². The molecule has 0 amide bonds. The second-order valence-electron chi connectivity index (χ2n) is 5.11. The summed E-state index contributed by atoms with van der Waals surface area (Å²) < 4.78 is 7.96. The van der Waals surface area contributed by atoms with E-state index in [0.29, 0.717) is 0 Å². The standard InChI is InChI=1S/C14H26N4O/c1-4-6-18-10-12(9-16-18)14(15-3)13-11-17(5-2)7-8-19-13/h9-10,13-15H,4-8,11H2,1-3H3. The first kappa shape index (κ1) is 14.5. The summed E-state index contributed by atoms with van der Waals surface area (Å²) in [5.41, 5.74) is 1.22. The molecule has 0 aromatic carbocycles. The van der Waals surface area contributed by atoms with Gasteiger partial charge in [-0.25, -0.2) is 0 Å². The van der Waals surface area contributed by atoms with Crippen molar-refractivity contribution in [3.63, 3.8) is 0 Å². The highest BCUT2D eigenvalue weighted by molar-refractivity contribution is 5.13. The van der Waals surface area contributed by atoms with Crippen molar-refractivity contribution in [3.8, 4) is 0 Å². The van der Waals surface area contributed by atoms with E-state index in [1.165, 1.54) is 5.56 Å². The van der Waals surface area contributed by atoms with Gasteiger partial charge in [0.1, 0.15) is 0 Å². The Bertz CT molecular complexity index is 379. The zero-order chi connectivity index (χ0) is 13.7. The van der Waals surface area contributed by atoms with Gasteiger partial charge in [-0.05, 0) is 20.0 Å². The number of aromatic nitrogens is 2. The van der Waals surface area contributed by atoms with E-state index < -0.39 is 0 Å². The first-order valence-corrected chi connectivity index (χ1v) is 7.32. The summed E-state index contributed by atoms with van der Waals surface area (Å²) in [6, 6.07) is 0.222. The van der Waals surface area contributed by atoms with Gasteiger partial charge in [0.25, 0.3) is 0 Å². The van der Waals surface area contributed by atoms with Crippen molar-refractivity contribution in [2.75, 3.05) is 33.3 Å². The Morgan fingerprint density at radius 2 is 2.37 bits per heavy atom. The number of nitrogens with zero attached hydrogens (tertiary/aromatic N) is 3. The maximum absolute atomic E-state index is 5.95. The van der Waals surface area contributed by atoms with Gasteiger partial charge in [-0.1, -0.05) is 13.8 Å². The highest BCUT2D eigenvalue weighted by Crippen LogP contribution is 2.21.